The zero-order valence-corrected chi connectivity index (χ0v) is 10.4. The molecule has 0 bridgehead atoms. The summed E-state index contributed by atoms with van der Waals surface area (Å²) in [5.74, 6) is 0.195. The number of unbranched alkanes of at least 4 members (excludes halogenated alkanes) is 2. The summed E-state index contributed by atoms with van der Waals surface area (Å²) in [7, 11) is 0. The highest BCUT2D eigenvalue weighted by molar-refractivity contribution is 5.92. The Kier molecular flexibility index (Phi) is 8.68. The molecule has 0 aromatic carbocycles. The Morgan fingerprint density at radius 2 is 1.88 bits per heavy atom. The summed E-state index contributed by atoms with van der Waals surface area (Å²) in [5, 5.41) is 7.09. The van der Waals surface area contributed by atoms with Crippen LogP contribution in [0.15, 0.2) is 0 Å². The van der Waals surface area contributed by atoms with E-state index in [4.69, 9.17) is 5.41 Å². The maximum absolute atomic E-state index is 11.2. The average Bonchev–Trinajstić information content (AvgIpc) is 2.23. The number of hydrogen-bond donors (Lipinski definition) is 1. The summed E-state index contributed by atoms with van der Waals surface area (Å²) < 4.78 is 0. The Hall–Kier alpha value is -0.990. The molecule has 0 aromatic heterocycles. The van der Waals surface area contributed by atoms with Crippen molar-refractivity contribution in [1.29, 1.82) is 5.41 Å². The van der Waals surface area contributed by atoms with Gasteiger partial charge in [-0.15, -0.1) is 0 Å². The number of nitrogens with one attached hydrogen (secondary N) is 1. The second kappa shape index (κ2) is 9.25. The molecule has 0 amide bonds. The second-order valence-corrected chi connectivity index (χ2v) is 4.27. The third-order valence-corrected chi connectivity index (χ3v) is 2.72. The minimum absolute atomic E-state index is 0.0667. The van der Waals surface area contributed by atoms with Crippen LogP contribution in [0.5, 0.6) is 0 Å². The number of carbonyl (C=O) groups excluding carboxylic acids is 2. The molecule has 3 nitrogen and oxygen atoms in total. The van der Waals surface area contributed by atoms with Crippen molar-refractivity contribution in [2.45, 2.75) is 58.8 Å². The number of hydrogen-bond acceptors (Lipinski definition) is 3. The quantitative estimate of drug-likeness (QED) is 0.458. The predicted octanol–water partition coefficient (Wildman–Crippen LogP) is 3.16. The van der Waals surface area contributed by atoms with Gasteiger partial charge in [-0.3, -0.25) is 9.59 Å². The molecule has 1 unspecified atom stereocenters. The van der Waals surface area contributed by atoms with Gasteiger partial charge in [0.15, 0.2) is 0 Å². The van der Waals surface area contributed by atoms with Gasteiger partial charge in [-0.2, -0.15) is 0 Å². The Labute approximate surface area is 98.1 Å². The van der Waals surface area contributed by atoms with Crippen LogP contribution in [0.1, 0.15) is 58.8 Å². The van der Waals surface area contributed by atoms with E-state index in [-0.39, 0.29) is 11.7 Å². The van der Waals surface area contributed by atoms with Gasteiger partial charge in [0, 0.05) is 19.1 Å². The van der Waals surface area contributed by atoms with Gasteiger partial charge in [0.2, 0.25) is 0 Å². The van der Waals surface area contributed by atoms with Crippen LogP contribution in [0.2, 0.25) is 0 Å². The lowest BCUT2D eigenvalue weighted by Gasteiger charge is -2.06. The number of carbonyl (C=O) groups is 2. The molecule has 92 valence electrons. The highest BCUT2D eigenvalue weighted by atomic mass is 16.1. The fraction of sp³-hybridized carbons (Fsp3) is 0.769. The van der Waals surface area contributed by atoms with E-state index >= 15 is 0 Å². The monoisotopic (exact) mass is 225 g/mol. The highest BCUT2D eigenvalue weighted by Gasteiger charge is 2.09. The third kappa shape index (κ3) is 7.32. The van der Waals surface area contributed by atoms with Gasteiger partial charge in [0.25, 0.3) is 0 Å². The summed E-state index contributed by atoms with van der Waals surface area (Å²) >= 11 is 0. The summed E-state index contributed by atoms with van der Waals surface area (Å²) in [6.07, 6.45) is 7.09. The van der Waals surface area contributed by atoms with Gasteiger partial charge < -0.3 is 5.41 Å². The molecule has 0 aliphatic carbocycles. The standard InChI is InChI=1S/C13H23NO2/c1-3-7-13(16)9-6-4-5-8-12(10-14)11(2)15/h10,12,14H,3-9H2,1-2H3. The third-order valence-electron chi connectivity index (χ3n) is 2.72. The number of Topliss-reactive ketones (excluding diaryl/α,β-unsaturated/α-hetero) is 2. The molecule has 0 fully saturated rings. The zero-order valence-electron chi connectivity index (χ0n) is 10.4. The van der Waals surface area contributed by atoms with Crippen molar-refractivity contribution in [3.63, 3.8) is 0 Å². The van der Waals surface area contributed by atoms with Crippen molar-refractivity contribution in [1.82, 2.24) is 0 Å². The van der Waals surface area contributed by atoms with Crippen LogP contribution in [-0.2, 0) is 9.59 Å². The lowest BCUT2D eigenvalue weighted by Crippen LogP contribution is -2.11. The molecule has 1 atom stereocenters. The minimum atomic E-state index is -0.216. The molecule has 3 heteroatoms. The van der Waals surface area contributed by atoms with Gasteiger partial charge >= 0.3 is 0 Å². The molecular formula is C13H23NO2. The topological polar surface area (TPSA) is 58.0 Å². The van der Waals surface area contributed by atoms with Gasteiger partial charge in [-0.1, -0.05) is 19.8 Å². The molecule has 0 spiro atoms. The Balaban J connectivity index is 3.49. The minimum Gasteiger partial charge on any atom is -0.312 e. The van der Waals surface area contributed by atoms with E-state index in [1.807, 2.05) is 6.92 Å². The Bertz CT molecular complexity index is 236. The van der Waals surface area contributed by atoms with Crippen molar-refractivity contribution in [2.24, 2.45) is 5.92 Å². The maximum atomic E-state index is 11.2. The fourth-order valence-corrected chi connectivity index (χ4v) is 1.67. The molecular weight excluding hydrogens is 202 g/mol. The second-order valence-electron chi connectivity index (χ2n) is 4.27. The van der Waals surface area contributed by atoms with Crippen molar-refractivity contribution in [2.75, 3.05) is 0 Å². The van der Waals surface area contributed by atoms with Gasteiger partial charge in [-0.25, -0.2) is 0 Å². The summed E-state index contributed by atoms with van der Waals surface area (Å²) in [5.41, 5.74) is 0. The zero-order chi connectivity index (χ0) is 12.4. The van der Waals surface area contributed by atoms with Crippen LogP contribution in [0.4, 0.5) is 0 Å². The van der Waals surface area contributed by atoms with Gasteiger partial charge in [-0.05, 0) is 26.2 Å². The molecule has 0 heterocycles. The summed E-state index contributed by atoms with van der Waals surface area (Å²) in [4.78, 5) is 22.2. The first kappa shape index (κ1) is 15.0. The van der Waals surface area contributed by atoms with E-state index in [1.54, 1.807) is 0 Å². The largest absolute Gasteiger partial charge is 0.312 e. The first-order valence-electron chi connectivity index (χ1n) is 6.14. The molecule has 0 saturated carbocycles. The predicted molar refractivity (Wildman–Crippen MR) is 66.0 cm³/mol. The van der Waals surface area contributed by atoms with E-state index in [2.05, 4.69) is 0 Å². The molecule has 16 heavy (non-hydrogen) atoms. The van der Waals surface area contributed by atoms with E-state index in [1.165, 1.54) is 13.1 Å². The normalized spacial score (nSPS) is 12.1. The molecule has 0 aliphatic heterocycles. The van der Waals surface area contributed by atoms with Crippen LogP contribution >= 0.6 is 0 Å². The fourth-order valence-electron chi connectivity index (χ4n) is 1.67. The smallest absolute Gasteiger partial charge is 0.138 e. The molecule has 0 aliphatic rings. The van der Waals surface area contributed by atoms with Gasteiger partial charge in [0.05, 0.1) is 5.92 Å². The van der Waals surface area contributed by atoms with Crippen molar-refractivity contribution >= 4 is 17.8 Å². The summed E-state index contributed by atoms with van der Waals surface area (Å²) in [6, 6.07) is 0. The Morgan fingerprint density at radius 1 is 1.19 bits per heavy atom. The number of ketones is 2. The van der Waals surface area contributed by atoms with Gasteiger partial charge in [0.1, 0.15) is 11.6 Å². The lowest BCUT2D eigenvalue weighted by molar-refractivity contribution is -0.120. The first-order valence-corrected chi connectivity index (χ1v) is 6.14. The average molecular weight is 225 g/mol. The van der Waals surface area contributed by atoms with Crippen LogP contribution in [0, 0.1) is 11.3 Å². The summed E-state index contributed by atoms with van der Waals surface area (Å²) in [6.45, 7) is 3.54. The van der Waals surface area contributed by atoms with E-state index in [0.717, 1.165) is 32.1 Å². The lowest BCUT2D eigenvalue weighted by atomic mass is 9.98. The van der Waals surface area contributed by atoms with E-state index in [9.17, 15) is 9.59 Å². The van der Waals surface area contributed by atoms with Crippen molar-refractivity contribution in [3.8, 4) is 0 Å². The van der Waals surface area contributed by atoms with Crippen LogP contribution in [0.25, 0.3) is 0 Å². The molecule has 0 rings (SSSR count). The van der Waals surface area contributed by atoms with Crippen LogP contribution < -0.4 is 0 Å². The molecule has 1 N–H and O–H groups in total. The Morgan fingerprint density at radius 3 is 2.38 bits per heavy atom. The van der Waals surface area contributed by atoms with E-state index < -0.39 is 0 Å². The highest BCUT2D eigenvalue weighted by Crippen LogP contribution is 2.11. The van der Waals surface area contributed by atoms with E-state index in [0.29, 0.717) is 18.6 Å². The van der Waals surface area contributed by atoms with Crippen LogP contribution in [-0.4, -0.2) is 17.8 Å². The number of rotatable bonds is 10. The molecule has 0 radical (unpaired) electrons. The maximum Gasteiger partial charge on any atom is 0.138 e. The molecule has 0 aromatic rings. The van der Waals surface area contributed by atoms with Crippen molar-refractivity contribution < 1.29 is 9.59 Å². The van der Waals surface area contributed by atoms with Crippen LogP contribution in [0.3, 0.4) is 0 Å². The first-order chi connectivity index (χ1) is 7.61. The van der Waals surface area contributed by atoms with Crippen molar-refractivity contribution in [3.05, 3.63) is 0 Å². The SMILES string of the molecule is CCCC(=O)CCCCCC(C=N)C(C)=O. The molecule has 0 saturated heterocycles.